The van der Waals surface area contributed by atoms with Gasteiger partial charge in [-0.25, -0.2) is 9.07 Å². The van der Waals surface area contributed by atoms with Crippen LogP contribution >= 0.6 is 11.6 Å². The van der Waals surface area contributed by atoms with E-state index in [1.807, 2.05) is 6.92 Å². The Morgan fingerprint density at radius 3 is 2.46 bits per heavy atom. The number of hydrogen-bond acceptors (Lipinski definition) is 3. The molecule has 0 bridgehead atoms. The Balaban J connectivity index is 1.89. The maximum absolute atomic E-state index is 13.2. The number of carbonyl (C=O) groups excluding carboxylic acids is 2. The summed E-state index contributed by atoms with van der Waals surface area (Å²) in [4.78, 5) is 24.6. The van der Waals surface area contributed by atoms with Gasteiger partial charge in [0, 0.05) is 12.7 Å². The van der Waals surface area contributed by atoms with Crippen LogP contribution in [0.15, 0.2) is 48.7 Å². The predicted octanol–water partition coefficient (Wildman–Crippen LogP) is 3.84. The molecule has 6 nitrogen and oxygen atoms in total. The average Bonchev–Trinajstić information content (AvgIpc) is 3.13. The normalized spacial score (nSPS) is 10.6. The third kappa shape index (κ3) is 3.89. The number of nitrogens with zero attached hydrogens (tertiary/aromatic N) is 2. The molecule has 3 aromatic rings. The molecule has 0 saturated heterocycles. The number of benzene rings is 2. The Kier molecular flexibility index (Phi) is 5.75. The minimum Gasteiger partial charge on any atom is -0.355 e. The average molecular weight is 401 g/mol. The molecule has 1 heterocycles. The lowest BCUT2D eigenvalue weighted by Gasteiger charge is -2.10. The van der Waals surface area contributed by atoms with Gasteiger partial charge in [-0.2, -0.15) is 5.10 Å². The number of carbonyl (C=O) groups is 2. The van der Waals surface area contributed by atoms with Crippen LogP contribution < -0.4 is 10.6 Å². The van der Waals surface area contributed by atoms with Gasteiger partial charge in [0.05, 0.1) is 33.7 Å². The molecular weight excluding hydrogens is 383 g/mol. The number of halogens is 2. The summed E-state index contributed by atoms with van der Waals surface area (Å²) >= 11 is 6.04. The summed E-state index contributed by atoms with van der Waals surface area (Å²) < 4.78 is 14.8. The fourth-order valence-corrected chi connectivity index (χ4v) is 3.02. The van der Waals surface area contributed by atoms with Gasteiger partial charge in [-0.05, 0) is 48.9 Å². The van der Waals surface area contributed by atoms with E-state index < -0.39 is 0 Å². The fourth-order valence-electron chi connectivity index (χ4n) is 2.82. The SMILES string of the molecule is CCc1c(C(=O)Nc2ccc(Cl)c(C(=O)NC)c2)cnn1-c1ccc(F)cc1. The molecule has 0 aliphatic rings. The zero-order chi connectivity index (χ0) is 20.3. The van der Waals surface area contributed by atoms with Crippen molar-refractivity contribution in [2.24, 2.45) is 0 Å². The summed E-state index contributed by atoms with van der Waals surface area (Å²) in [5, 5.41) is 9.82. The highest BCUT2D eigenvalue weighted by atomic mass is 35.5. The van der Waals surface area contributed by atoms with Crippen molar-refractivity contribution in [3.05, 3.63) is 76.3 Å². The first-order chi connectivity index (χ1) is 13.4. The molecule has 2 aromatic carbocycles. The van der Waals surface area contributed by atoms with Gasteiger partial charge in [0.15, 0.2) is 0 Å². The smallest absolute Gasteiger partial charge is 0.259 e. The van der Waals surface area contributed by atoms with Crippen molar-refractivity contribution in [1.29, 1.82) is 0 Å². The van der Waals surface area contributed by atoms with Crippen molar-refractivity contribution in [3.8, 4) is 5.69 Å². The van der Waals surface area contributed by atoms with Crippen LogP contribution in [-0.2, 0) is 6.42 Å². The van der Waals surface area contributed by atoms with E-state index in [4.69, 9.17) is 11.6 Å². The first-order valence-corrected chi connectivity index (χ1v) is 8.98. The summed E-state index contributed by atoms with van der Waals surface area (Å²) in [5.74, 6) is -1.06. The van der Waals surface area contributed by atoms with Crippen LogP contribution in [0.1, 0.15) is 33.3 Å². The Bertz CT molecular complexity index is 1030. The molecule has 0 spiro atoms. The van der Waals surface area contributed by atoms with E-state index in [-0.39, 0.29) is 28.2 Å². The zero-order valence-corrected chi connectivity index (χ0v) is 16.0. The molecule has 8 heteroatoms. The van der Waals surface area contributed by atoms with Crippen LogP contribution in [0.5, 0.6) is 0 Å². The first-order valence-electron chi connectivity index (χ1n) is 8.60. The van der Waals surface area contributed by atoms with E-state index >= 15 is 0 Å². The van der Waals surface area contributed by atoms with Gasteiger partial charge in [0.25, 0.3) is 11.8 Å². The third-order valence-corrected chi connectivity index (χ3v) is 4.55. The van der Waals surface area contributed by atoms with Crippen molar-refractivity contribution in [2.45, 2.75) is 13.3 Å². The summed E-state index contributed by atoms with van der Waals surface area (Å²) in [7, 11) is 1.50. The fraction of sp³-hybridized carbons (Fsp3) is 0.150. The largest absolute Gasteiger partial charge is 0.355 e. The van der Waals surface area contributed by atoms with E-state index in [2.05, 4.69) is 15.7 Å². The van der Waals surface area contributed by atoms with Crippen molar-refractivity contribution in [3.63, 3.8) is 0 Å². The van der Waals surface area contributed by atoms with Crippen LogP contribution in [0.4, 0.5) is 10.1 Å². The van der Waals surface area contributed by atoms with E-state index in [0.717, 1.165) is 0 Å². The highest BCUT2D eigenvalue weighted by molar-refractivity contribution is 6.34. The van der Waals surface area contributed by atoms with E-state index in [9.17, 15) is 14.0 Å². The minimum absolute atomic E-state index is 0.264. The molecule has 0 unspecified atom stereocenters. The molecule has 0 saturated carbocycles. The molecule has 2 amide bonds. The Morgan fingerprint density at radius 1 is 1.11 bits per heavy atom. The third-order valence-electron chi connectivity index (χ3n) is 4.22. The second-order valence-corrected chi connectivity index (χ2v) is 6.38. The molecule has 144 valence electrons. The van der Waals surface area contributed by atoms with E-state index in [1.165, 1.54) is 31.4 Å². The van der Waals surface area contributed by atoms with Crippen molar-refractivity contribution in [2.75, 3.05) is 12.4 Å². The van der Waals surface area contributed by atoms with Gasteiger partial charge in [-0.15, -0.1) is 0 Å². The number of amides is 2. The van der Waals surface area contributed by atoms with E-state index in [1.54, 1.807) is 28.9 Å². The van der Waals surface area contributed by atoms with Gasteiger partial charge >= 0.3 is 0 Å². The van der Waals surface area contributed by atoms with Crippen molar-refractivity contribution in [1.82, 2.24) is 15.1 Å². The van der Waals surface area contributed by atoms with Crippen LogP contribution in [-0.4, -0.2) is 28.6 Å². The van der Waals surface area contributed by atoms with Crippen LogP contribution in [0.25, 0.3) is 5.69 Å². The summed E-state index contributed by atoms with van der Waals surface area (Å²) in [6.45, 7) is 1.90. The van der Waals surface area contributed by atoms with Gasteiger partial charge in [0.1, 0.15) is 5.82 Å². The Labute approximate surface area is 166 Å². The maximum Gasteiger partial charge on any atom is 0.259 e. The quantitative estimate of drug-likeness (QED) is 0.683. The molecule has 2 N–H and O–H groups in total. The number of hydrogen-bond donors (Lipinski definition) is 2. The molecule has 0 fully saturated rings. The molecule has 0 aliphatic heterocycles. The number of nitrogens with one attached hydrogen (secondary N) is 2. The molecule has 28 heavy (non-hydrogen) atoms. The topological polar surface area (TPSA) is 76.0 Å². The monoisotopic (exact) mass is 400 g/mol. The number of rotatable bonds is 5. The van der Waals surface area contributed by atoms with Crippen molar-refractivity contribution >= 4 is 29.1 Å². The van der Waals surface area contributed by atoms with Gasteiger partial charge < -0.3 is 10.6 Å². The molecular formula is C20H18ClFN4O2. The predicted molar refractivity (Wildman–Crippen MR) is 106 cm³/mol. The number of aromatic nitrogens is 2. The maximum atomic E-state index is 13.2. The summed E-state index contributed by atoms with van der Waals surface area (Å²) in [5.41, 5.74) is 2.43. The summed E-state index contributed by atoms with van der Waals surface area (Å²) in [6, 6.07) is 10.5. The highest BCUT2D eigenvalue weighted by Crippen LogP contribution is 2.22. The molecule has 0 radical (unpaired) electrons. The standard InChI is InChI=1S/C20H18ClFN4O2/c1-3-18-16(11-24-26(18)14-7-4-12(22)5-8-14)20(28)25-13-6-9-17(21)15(10-13)19(27)23-2/h4-11H,3H2,1-2H3,(H,23,27)(H,25,28). The van der Waals surface area contributed by atoms with Gasteiger partial charge in [-0.1, -0.05) is 18.5 Å². The van der Waals surface area contributed by atoms with E-state index in [0.29, 0.717) is 29.1 Å². The first kappa shape index (κ1) is 19.6. The Morgan fingerprint density at radius 2 is 1.82 bits per heavy atom. The highest BCUT2D eigenvalue weighted by Gasteiger charge is 2.18. The van der Waals surface area contributed by atoms with Gasteiger partial charge in [-0.3, -0.25) is 9.59 Å². The molecule has 1 aromatic heterocycles. The zero-order valence-electron chi connectivity index (χ0n) is 15.3. The molecule has 0 aliphatic carbocycles. The summed E-state index contributed by atoms with van der Waals surface area (Å²) in [6.07, 6.45) is 2.01. The molecule has 3 rings (SSSR count). The van der Waals surface area contributed by atoms with Crippen LogP contribution in [0, 0.1) is 5.82 Å². The lowest BCUT2D eigenvalue weighted by molar-refractivity contribution is 0.0961. The number of anilines is 1. The van der Waals surface area contributed by atoms with Crippen molar-refractivity contribution < 1.29 is 14.0 Å². The van der Waals surface area contributed by atoms with Crippen LogP contribution in [0.2, 0.25) is 5.02 Å². The lowest BCUT2D eigenvalue weighted by Crippen LogP contribution is -2.19. The minimum atomic E-state index is -0.365. The second kappa shape index (κ2) is 8.22. The second-order valence-electron chi connectivity index (χ2n) is 5.97. The Hall–Kier alpha value is -3.19. The molecule has 0 atom stereocenters. The van der Waals surface area contributed by atoms with Gasteiger partial charge in [0.2, 0.25) is 0 Å². The van der Waals surface area contributed by atoms with Crippen LogP contribution in [0.3, 0.4) is 0 Å². The lowest BCUT2D eigenvalue weighted by atomic mass is 10.1.